The number of ketones is 1. The number of carbonyl (C=O) groups is 1. The summed E-state index contributed by atoms with van der Waals surface area (Å²) in [5.41, 5.74) is 0.255. The molecule has 4 nitrogen and oxygen atoms in total. The number of nitrogens with zero attached hydrogens (tertiary/aromatic N) is 1. The lowest BCUT2D eigenvalue weighted by molar-refractivity contribution is 0.0112. The summed E-state index contributed by atoms with van der Waals surface area (Å²) in [6.07, 6.45) is 2.63. The summed E-state index contributed by atoms with van der Waals surface area (Å²) >= 11 is 0. The molecule has 2 aliphatic heterocycles. The number of β-amino-alcohol motifs (C(OH)–C–C–N with tert-alkyl or cyclic N) is 1. The van der Waals surface area contributed by atoms with Crippen LogP contribution in [0.1, 0.15) is 29.6 Å². The summed E-state index contributed by atoms with van der Waals surface area (Å²) in [5.74, 6) is 0.413. The Hall–Kier alpha value is -0.650. The van der Waals surface area contributed by atoms with Gasteiger partial charge in [-0.3, -0.25) is 4.79 Å². The number of hydrogen-bond acceptors (Lipinski definition) is 4. The minimum Gasteiger partial charge on any atom is -0.387 e. The number of carbonyl (C=O) groups excluding carboxylic acids is 1. The average molecular weight is 361 g/mol. The summed E-state index contributed by atoms with van der Waals surface area (Å²) in [5, 5.41) is 13.6. The van der Waals surface area contributed by atoms with Gasteiger partial charge in [-0.25, -0.2) is 0 Å². The fraction of sp³-hybridized carbons (Fsp3) is 0.588. The predicted octanol–water partition coefficient (Wildman–Crippen LogP) is 2.15. The second-order valence-corrected chi connectivity index (χ2v) is 6.43. The molecule has 2 heterocycles. The molecule has 23 heavy (non-hydrogen) atoms. The number of piperidine rings is 1. The first-order chi connectivity index (χ1) is 10.2. The fourth-order valence-electron chi connectivity index (χ4n) is 3.47. The second kappa shape index (κ2) is 9.00. The summed E-state index contributed by atoms with van der Waals surface area (Å²) in [6, 6.07) is 9.59. The molecule has 0 saturated carbocycles. The molecule has 0 amide bonds. The molecule has 0 spiro atoms. The van der Waals surface area contributed by atoms with Crippen LogP contribution in [0.25, 0.3) is 0 Å². The first-order valence-electron chi connectivity index (χ1n) is 7.91. The van der Waals surface area contributed by atoms with Crippen molar-refractivity contribution < 1.29 is 9.90 Å². The van der Waals surface area contributed by atoms with E-state index < -0.39 is 5.60 Å². The van der Waals surface area contributed by atoms with Gasteiger partial charge < -0.3 is 15.3 Å². The maximum atomic E-state index is 12.4. The van der Waals surface area contributed by atoms with E-state index in [0.717, 1.165) is 51.0 Å². The highest BCUT2D eigenvalue weighted by atomic mass is 35.5. The molecule has 0 bridgehead atoms. The van der Waals surface area contributed by atoms with Crippen molar-refractivity contribution in [3.05, 3.63) is 35.9 Å². The summed E-state index contributed by atoms with van der Waals surface area (Å²) in [6.45, 7) is 4.14. The number of nitrogens with one attached hydrogen (secondary N) is 1. The Morgan fingerprint density at radius 2 is 1.87 bits per heavy atom. The maximum Gasteiger partial charge on any atom is 0.166 e. The number of benzene rings is 1. The second-order valence-electron chi connectivity index (χ2n) is 6.43. The highest BCUT2D eigenvalue weighted by Crippen LogP contribution is 2.24. The van der Waals surface area contributed by atoms with Crippen LogP contribution < -0.4 is 5.32 Å². The third-order valence-electron chi connectivity index (χ3n) is 4.76. The van der Waals surface area contributed by atoms with E-state index in [-0.39, 0.29) is 36.5 Å². The zero-order valence-corrected chi connectivity index (χ0v) is 14.9. The van der Waals surface area contributed by atoms with Crippen molar-refractivity contribution >= 4 is 30.6 Å². The molecule has 2 aliphatic rings. The van der Waals surface area contributed by atoms with Crippen molar-refractivity contribution in [3.63, 3.8) is 0 Å². The smallest absolute Gasteiger partial charge is 0.166 e. The lowest BCUT2D eigenvalue weighted by Gasteiger charge is -2.35. The van der Waals surface area contributed by atoms with E-state index in [0.29, 0.717) is 6.54 Å². The normalized spacial score (nSPS) is 25.4. The Morgan fingerprint density at radius 3 is 2.43 bits per heavy atom. The third-order valence-corrected chi connectivity index (χ3v) is 4.76. The van der Waals surface area contributed by atoms with E-state index in [1.807, 2.05) is 30.3 Å². The van der Waals surface area contributed by atoms with Crippen LogP contribution in [0.4, 0.5) is 0 Å². The van der Waals surface area contributed by atoms with Crippen LogP contribution in [0, 0.1) is 5.92 Å². The Labute approximate surface area is 150 Å². The van der Waals surface area contributed by atoms with E-state index in [9.17, 15) is 9.90 Å². The Kier molecular flexibility index (Phi) is 7.98. The van der Waals surface area contributed by atoms with Gasteiger partial charge in [0.25, 0.3) is 0 Å². The highest BCUT2D eigenvalue weighted by Gasteiger charge is 2.35. The van der Waals surface area contributed by atoms with E-state index in [1.54, 1.807) is 0 Å². The lowest BCUT2D eigenvalue weighted by Crippen LogP contribution is -2.47. The number of aliphatic hydroxyl groups is 1. The molecule has 2 fully saturated rings. The number of hydrogen-bond donors (Lipinski definition) is 2. The van der Waals surface area contributed by atoms with Crippen molar-refractivity contribution in [1.29, 1.82) is 0 Å². The summed E-state index contributed by atoms with van der Waals surface area (Å²) < 4.78 is 0. The molecule has 6 heteroatoms. The summed E-state index contributed by atoms with van der Waals surface area (Å²) in [4.78, 5) is 14.7. The minimum atomic E-state index is -0.573. The molecule has 1 aromatic rings. The Balaban J connectivity index is 0.00000132. The number of rotatable bonds is 4. The molecule has 1 atom stereocenters. The molecular weight excluding hydrogens is 335 g/mol. The van der Waals surface area contributed by atoms with Gasteiger partial charge in [-0.1, -0.05) is 30.3 Å². The van der Waals surface area contributed by atoms with Crippen LogP contribution in [0.3, 0.4) is 0 Å². The molecular formula is C17H26Cl2N2O2. The van der Waals surface area contributed by atoms with Crippen LogP contribution in [-0.2, 0) is 0 Å². The van der Waals surface area contributed by atoms with E-state index in [1.165, 1.54) is 0 Å². The molecule has 2 saturated heterocycles. The van der Waals surface area contributed by atoms with Gasteiger partial charge >= 0.3 is 0 Å². The van der Waals surface area contributed by atoms with Crippen LogP contribution >= 0.6 is 24.8 Å². The molecule has 0 aromatic heterocycles. The van der Waals surface area contributed by atoms with Crippen molar-refractivity contribution in [1.82, 2.24) is 10.2 Å². The van der Waals surface area contributed by atoms with Gasteiger partial charge in [0.05, 0.1) is 5.60 Å². The van der Waals surface area contributed by atoms with E-state index >= 15 is 0 Å². The van der Waals surface area contributed by atoms with Crippen molar-refractivity contribution in [2.24, 2.45) is 5.92 Å². The van der Waals surface area contributed by atoms with Gasteiger partial charge in [-0.05, 0) is 38.9 Å². The lowest BCUT2D eigenvalue weighted by atomic mass is 9.88. The molecule has 0 radical (unpaired) electrons. The molecule has 3 rings (SSSR count). The van der Waals surface area contributed by atoms with Gasteiger partial charge in [0, 0.05) is 24.6 Å². The molecule has 0 aliphatic carbocycles. The Bertz CT molecular complexity index is 485. The average Bonchev–Trinajstić information content (AvgIpc) is 2.94. The van der Waals surface area contributed by atoms with Crippen LogP contribution in [0.5, 0.6) is 0 Å². The van der Waals surface area contributed by atoms with Crippen LogP contribution in [-0.4, -0.2) is 54.1 Å². The number of Topliss-reactive ketones (excluding diaryl/α,β-unsaturated/α-hetero) is 1. The zero-order chi connectivity index (χ0) is 14.7. The van der Waals surface area contributed by atoms with Gasteiger partial charge in [0.1, 0.15) is 0 Å². The SMILES string of the molecule is Cl.Cl.O=C(c1ccccc1)C1CCN(CC2(O)CCNC2)CC1. The van der Waals surface area contributed by atoms with E-state index in [2.05, 4.69) is 10.2 Å². The quantitative estimate of drug-likeness (QED) is 0.807. The molecule has 1 aromatic carbocycles. The minimum absolute atomic E-state index is 0. The largest absolute Gasteiger partial charge is 0.387 e. The zero-order valence-electron chi connectivity index (χ0n) is 13.2. The summed E-state index contributed by atoms with van der Waals surface area (Å²) in [7, 11) is 0. The van der Waals surface area contributed by atoms with Gasteiger partial charge in [0.2, 0.25) is 0 Å². The van der Waals surface area contributed by atoms with Crippen LogP contribution in [0.15, 0.2) is 30.3 Å². The van der Waals surface area contributed by atoms with Crippen LogP contribution in [0.2, 0.25) is 0 Å². The number of halogens is 2. The Morgan fingerprint density at radius 1 is 1.22 bits per heavy atom. The van der Waals surface area contributed by atoms with Crippen molar-refractivity contribution in [3.8, 4) is 0 Å². The topological polar surface area (TPSA) is 52.6 Å². The third kappa shape index (κ3) is 5.16. The highest BCUT2D eigenvalue weighted by molar-refractivity contribution is 5.97. The molecule has 1 unspecified atom stereocenters. The van der Waals surface area contributed by atoms with E-state index in [4.69, 9.17) is 0 Å². The first kappa shape index (κ1) is 20.4. The van der Waals surface area contributed by atoms with Crippen molar-refractivity contribution in [2.75, 3.05) is 32.7 Å². The van der Waals surface area contributed by atoms with Gasteiger partial charge in [-0.2, -0.15) is 0 Å². The van der Waals surface area contributed by atoms with Gasteiger partial charge in [-0.15, -0.1) is 24.8 Å². The molecule has 2 N–H and O–H groups in total. The van der Waals surface area contributed by atoms with Gasteiger partial charge in [0.15, 0.2) is 5.78 Å². The standard InChI is InChI=1S/C17H24N2O2.2ClH/c20-16(14-4-2-1-3-5-14)15-6-10-19(11-7-15)13-17(21)8-9-18-12-17;;/h1-5,15,18,21H,6-13H2;2*1H. The monoisotopic (exact) mass is 360 g/mol. The predicted molar refractivity (Wildman–Crippen MR) is 96.9 cm³/mol. The number of likely N-dealkylation sites (tertiary alicyclic amines) is 1. The molecule has 130 valence electrons. The van der Waals surface area contributed by atoms with Crippen molar-refractivity contribution in [2.45, 2.75) is 24.9 Å². The maximum absolute atomic E-state index is 12.4. The first-order valence-corrected chi connectivity index (χ1v) is 7.91. The fourth-order valence-corrected chi connectivity index (χ4v) is 3.47.